The molecule has 1 unspecified atom stereocenters. The predicted octanol–water partition coefficient (Wildman–Crippen LogP) is 6.16. The normalized spacial score (nSPS) is 24.0. The topological polar surface area (TPSA) is 17.8 Å². The lowest BCUT2D eigenvalue weighted by Gasteiger charge is -2.12. The van der Waals surface area contributed by atoms with Crippen molar-refractivity contribution in [1.29, 1.82) is 0 Å². The van der Waals surface area contributed by atoms with Crippen molar-refractivity contribution in [2.24, 2.45) is 0 Å². The van der Waals surface area contributed by atoms with Gasteiger partial charge in [-0.2, -0.15) is 18.3 Å². The lowest BCUT2D eigenvalue weighted by Crippen LogP contribution is -2.08. The number of alkyl halides is 4. The van der Waals surface area contributed by atoms with Crippen LogP contribution in [0, 0.1) is 0 Å². The molecular formula is C20H18ClF3N2. The summed E-state index contributed by atoms with van der Waals surface area (Å²) in [4.78, 5) is 0. The third kappa shape index (κ3) is 4.28. The van der Waals surface area contributed by atoms with Crippen molar-refractivity contribution in [1.82, 2.24) is 9.78 Å². The van der Waals surface area contributed by atoms with Gasteiger partial charge >= 0.3 is 6.18 Å². The van der Waals surface area contributed by atoms with E-state index in [0.29, 0.717) is 23.4 Å². The Morgan fingerprint density at radius 1 is 1.12 bits per heavy atom. The predicted molar refractivity (Wildman–Crippen MR) is 99.5 cm³/mol. The summed E-state index contributed by atoms with van der Waals surface area (Å²) in [6, 6.07) is 1.10. The van der Waals surface area contributed by atoms with Crippen molar-refractivity contribution in [3.8, 4) is 0 Å². The van der Waals surface area contributed by atoms with E-state index < -0.39 is 11.9 Å². The summed E-state index contributed by atoms with van der Waals surface area (Å²) in [5.74, 6) is 0. The third-order valence-electron chi connectivity index (χ3n) is 4.05. The number of aromatic nitrogens is 2. The highest BCUT2D eigenvalue weighted by molar-refractivity contribution is 6.23. The summed E-state index contributed by atoms with van der Waals surface area (Å²) in [6.07, 6.45) is 13.2. The number of halogens is 4. The molecule has 0 aromatic carbocycles. The minimum absolute atomic E-state index is 0.226. The molecule has 26 heavy (non-hydrogen) atoms. The van der Waals surface area contributed by atoms with Gasteiger partial charge in [0, 0.05) is 17.7 Å². The van der Waals surface area contributed by atoms with Gasteiger partial charge in [-0.15, -0.1) is 11.6 Å². The molecule has 3 rings (SSSR count). The molecule has 0 aliphatic heterocycles. The summed E-state index contributed by atoms with van der Waals surface area (Å²) in [6.45, 7) is 1.95. The molecule has 0 amide bonds. The zero-order chi connectivity index (χ0) is 18.7. The van der Waals surface area contributed by atoms with E-state index in [1.807, 2.05) is 37.3 Å². The summed E-state index contributed by atoms with van der Waals surface area (Å²) in [5, 5.41) is 3.63. The first-order valence-corrected chi connectivity index (χ1v) is 8.68. The molecule has 0 fully saturated rings. The number of rotatable bonds is 2. The SMILES string of the molecule is CC1=CC(c2cc(C(F)(F)F)nn2/C2=C/C=CC(Cl)/C=C\C2)=CC=CC1. The van der Waals surface area contributed by atoms with E-state index in [1.54, 1.807) is 24.3 Å². The van der Waals surface area contributed by atoms with Crippen molar-refractivity contribution in [2.75, 3.05) is 0 Å². The fourth-order valence-electron chi connectivity index (χ4n) is 2.78. The summed E-state index contributed by atoms with van der Waals surface area (Å²) in [7, 11) is 0. The Labute approximate surface area is 155 Å². The molecule has 2 nitrogen and oxygen atoms in total. The van der Waals surface area contributed by atoms with Gasteiger partial charge in [0.2, 0.25) is 0 Å². The maximum absolute atomic E-state index is 13.3. The number of allylic oxidation sites excluding steroid dienone is 12. The van der Waals surface area contributed by atoms with Gasteiger partial charge in [-0.1, -0.05) is 54.2 Å². The van der Waals surface area contributed by atoms with Crippen LogP contribution in [0.5, 0.6) is 0 Å². The van der Waals surface area contributed by atoms with Gasteiger partial charge in [0.15, 0.2) is 5.69 Å². The Morgan fingerprint density at radius 2 is 1.92 bits per heavy atom. The molecule has 0 spiro atoms. The molecule has 6 heteroatoms. The first-order chi connectivity index (χ1) is 12.3. The second kappa shape index (κ2) is 7.54. The van der Waals surface area contributed by atoms with E-state index in [4.69, 9.17) is 11.6 Å². The van der Waals surface area contributed by atoms with Gasteiger partial charge in [-0.3, -0.25) is 0 Å². The van der Waals surface area contributed by atoms with E-state index >= 15 is 0 Å². The van der Waals surface area contributed by atoms with Crippen LogP contribution in [0.4, 0.5) is 13.2 Å². The van der Waals surface area contributed by atoms with Crippen LogP contribution in [0.1, 0.15) is 31.2 Å². The molecule has 0 bridgehead atoms. The number of nitrogens with zero attached hydrogens (tertiary/aromatic N) is 2. The molecule has 2 aliphatic rings. The lowest BCUT2D eigenvalue weighted by molar-refractivity contribution is -0.141. The molecule has 0 saturated heterocycles. The van der Waals surface area contributed by atoms with Crippen LogP contribution in [-0.2, 0) is 6.18 Å². The zero-order valence-electron chi connectivity index (χ0n) is 14.2. The van der Waals surface area contributed by atoms with Gasteiger partial charge in [0.05, 0.1) is 11.1 Å². The van der Waals surface area contributed by atoms with Crippen LogP contribution < -0.4 is 0 Å². The Hall–Kier alpha value is -2.27. The second-order valence-electron chi connectivity index (χ2n) is 6.19. The third-order valence-corrected chi connectivity index (χ3v) is 4.34. The first kappa shape index (κ1) is 18.5. The highest BCUT2D eigenvalue weighted by Gasteiger charge is 2.35. The molecular weight excluding hydrogens is 361 g/mol. The number of hydrogen-bond donors (Lipinski definition) is 0. The van der Waals surface area contributed by atoms with Gasteiger partial charge in [-0.25, -0.2) is 4.68 Å². The molecule has 1 atom stereocenters. The highest BCUT2D eigenvalue weighted by Crippen LogP contribution is 2.33. The zero-order valence-corrected chi connectivity index (χ0v) is 14.9. The van der Waals surface area contributed by atoms with Crippen LogP contribution in [0.2, 0.25) is 0 Å². The standard InChI is InChI=1S/C20H18ClF3N2/c1-14-6-2-3-7-15(12-14)18-13-19(20(22,23)24)25-26(18)17-10-4-8-16(21)9-5-11-17/h2-5,7-10,12-13,16H,6,11H2,1H3/b8-4?,9-5-,17-10+. The quantitative estimate of drug-likeness (QED) is 0.445. The van der Waals surface area contributed by atoms with Gasteiger partial charge < -0.3 is 0 Å². The molecule has 0 radical (unpaired) electrons. The van der Waals surface area contributed by atoms with Crippen LogP contribution >= 0.6 is 11.6 Å². The molecule has 136 valence electrons. The Morgan fingerprint density at radius 3 is 2.69 bits per heavy atom. The van der Waals surface area contributed by atoms with E-state index in [9.17, 15) is 13.2 Å². The summed E-state index contributed by atoms with van der Waals surface area (Å²) >= 11 is 6.04. The summed E-state index contributed by atoms with van der Waals surface area (Å²) < 4.78 is 41.2. The van der Waals surface area contributed by atoms with Crippen LogP contribution in [-0.4, -0.2) is 15.2 Å². The largest absolute Gasteiger partial charge is 0.435 e. The van der Waals surface area contributed by atoms with E-state index in [2.05, 4.69) is 5.10 Å². The molecule has 2 aliphatic carbocycles. The van der Waals surface area contributed by atoms with E-state index in [1.165, 1.54) is 4.68 Å². The molecule has 0 saturated carbocycles. The summed E-state index contributed by atoms with van der Waals surface area (Å²) in [5.41, 5.74) is 1.93. The van der Waals surface area contributed by atoms with Crippen LogP contribution in [0.3, 0.4) is 0 Å². The maximum atomic E-state index is 13.3. The molecule has 1 heterocycles. The monoisotopic (exact) mass is 378 g/mol. The van der Waals surface area contributed by atoms with E-state index in [-0.39, 0.29) is 5.38 Å². The van der Waals surface area contributed by atoms with Gasteiger partial charge in [0.25, 0.3) is 0 Å². The van der Waals surface area contributed by atoms with Gasteiger partial charge in [0.1, 0.15) is 0 Å². The molecule has 1 aromatic heterocycles. The fourth-order valence-corrected chi connectivity index (χ4v) is 2.97. The average Bonchev–Trinajstić information content (AvgIpc) is 2.88. The van der Waals surface area contributed by atoms with Crippen LogP contribution in [0.15, 0.2) is 66.3 Å². The smallest absolute Gasteiger partial charge is 0.236 e. The van der Waals surface area contributed by atoms with Crippen molar-refractivity contribution >= 4 is 22.9 Å². The molecule has 1 aromatic rings. The van der Waals surface area contributed by atoms with E-state index in [0.717, 1.165) is 18.1 Å². The van der Waals surface area contributed by atoms with Crippen molar-refractivity contribution in [3.63, 3.8) is 0 Å². The minimum Gasteiger partial charge on any atom is -0.236 e. The Balaban J connectivity index is 2.13. The van der Waals surface area contributed by atoms with Crippen molar-refractivity contribution < 1.29 is 13.2 Å². The van der Waals surface area contributed by atoms with Gasteiger partial charge in [-0.05, 0) is 25.5 Å². The Bertz CT molecular complexity index is 864. The first-order valence-electron chi connectivity index (χ1n) is 8.24. The fraction of sp³-hybridized carbons (Fsp3) is 0.250. The maximum Gasteiger partial charge on any atom is 0.435 e. The number of hydrogen-bond acceptors (Lipinski definition) is 1. The lowest BCUT2D eigenvalue weighted by atomic mass is 10.1. The second-order valence-corrected chi connectivity index (χ2v) is 6.69. The molecule has 0 N–H and O–H groups in total. The van der Waals surface area contributed by atoms with Crippen molar-refractivity contribution in [3.05, 3.63) is 77.7 Å². The Kier molecular flexibility index (Phi) is 5.37. The van der Waals surface area contributed by atoms with Crippen molar-refractivity contribution in [2.45, 2.75) is 31.3 Å². The highest BCUT2D eigenvalue weighted by atomic mass is 35.5. The average molecular weight is 379 g/mol. The van der Waals surface area contributed by atoms with Crippen LogP contribution in [0.25, 0.3) is 11.3 Å². The minimum atomic E-state index is -4.50.